The van der Waals surface area contributed by atoms with Crippen molar-refractivity contribution >= 4 is 11.7 Å². The summed E-state index contributed by atoms with van der Waals surface area (Å²) < 4.78 is 21.9. The maximum absolute atomic E-state index is 12.8. The highest BCUT2D eigenvalue weighted by Gasteiger charge is 2.20. The number of hydrogen-bond acceptors (Lipinski definition) is 5. The lowest BCUT2D eigenvalue weighted by Crippen LogP contribution is -2.40. The van der Waals surface area contributed by atoms with Gasteiger partial charge in [-0.2, -0.15) is 0 Å². The van der Waals surface area contributed by atoms with Crippen LogP contribution in [0.3, 0.4) is 0 Å². The Kier molecular flexibility index (Phi) is 5.93. The molecule has 3 aromatic carbocycles. The Labute approximate surface area is 192 Å². The number of anilines is 1. The molecule has 0 atom stereocenters. The maximum atomic E-state index is 12.8. The van der Waals surface area contributed by atoms with Gasteiger partial charge in [-0.05, 0) is 72.4 Å². The number of nitrogens with one attached hydrogen (secondary N) is 2. The van der Waals surface area contributed by atoms with Crippen molar-refractivity contribution in [3.8, 4) is 23.0 Å². The number of ether oxygens (including phenoxy) is 4. The fourth-order valence-electron chi connectivity index (χ4n) is 4.06. The van der Waals surface area contributed by atoms with Gasteiger partial charge in [0, 0.05) is 11.7 Å². The van der Waals surface area contributed by atoms with Crippen molar-refractivity contribution in [2.75, 3.05) is 18.9 Å². The molecule has 7 nitrogen and oxygen atoms in total. The van der Waals surface area contributed by atoms with E-state index in [1.807, 2.05) is 60.7 Å². The van der Waals surface area contributed by atoms with Crippen LogP contribution in [0.15, 0.2) is 60.7 Å². The van der Waals surface area contributed by atoms with Crippen molar-refractivity contribution in [1.82, 2.24) is 5.32 Å². The Hall–Kier alpha value is -3.87. The summed E-state index contributed by atoms with van der Waals surface area (Å²) in [7, 11) is 0. The first-order valence-electron chi connectivity index (χ1n) is 11.1. The molecule has 0 spiro atoms. The number of urea groups is 1. The molecule has 0 saturated heterocycles. The van der Waals surface area contributed by atoms with Gasteiger partial charge in [-0.3, -0.25) is 0 Å². The third-order valence-corrected chi connectivity index (χ3v) is 5.79. The molecule has 33 heavy (non-hydrogen) atoms. The molecule has 0 saturated carbocycles. The van der Waals surface area contributed by atoms with Crippen LogP contribution in [-0.4, -0.2) is 25.7 Å². The van der Waals surface area contributed by atoms with E-state index in [4.69, 9.17) is 18.9 Å². The van der Waals surface area contributed by atoms with Gasteiger partial charge in [0.05, 0.1) is 0 Å². The molecule has 0 unspecified atom stereocenters. The minimum atomic E-state index is -0.245. The molecule has 170 valence electrons. The second-order valence-corrected chi connectivity index (χ2v) is 8.13. The van der Waals surface area contributed by atoms with Gasteiger partial charge in [0.15, 0.2) is 23.0 Å². The van der Waals surface area contributed by atoms with Crippen molar-refractivity contribution in [1.29, 1.82) is 0 Å². The largest absolute Gasteiger partial charge is 0.454 e. The Morgan fingerprint density at radius 1 is 0.758 bits per heavy atom. The Morgan fingerprint density at radius 2 is 1.27 bits per heavy atom. The lowest BCUT2D eigenvalue weighted by Gasteiger charge is -2.20. The van der Waals surface area contributed by atoms with E-state index in [1.165, 1.54) is 5.56 Å². The topological polar surface area (TPSA) is 78.1 Å². The Bertz CT molecular complexity index is 1090. The van der Waals surface area contributed by atoms with Crippen LogP contribution < -0.4 is 29.6 Å². The zero-order chi connectivity index (χ0) is 22.6. The smallest absolute Gasteiger partial charge is 0.319 e. The number of fused-ring (bicyclic) bond motifs is 2. The average molecular weight is 447 g/mol. The molecule has 2 amide bonds. The predicted molar refractivity (Wildman–Crippen MR) is 124 cm³/mol. The molecular formula is C26H26N2O5. The number of benzene rings is 3. The molecule has 5 rings (SSSR count). The van der Waals surface area contributed by atoms with Crippen molar-refractivity contribution in [3.63, 3.8) is 0 Å². The van der Waals surface area contributed by atoms with Crippen LogP contribution in [0.25, 0.3) is 0 Å². The first-order chi connectivity index (χ1) is 16.2. The summed E-state index contributed by atoms with van der Waals surface area (Å²) in [5.74, 6) is 2.95. The van der Waals surface area contributed by atoms with E-state index >= 15 is 0 Å². The second kappa shape index (κ2) is 9.32. The summed E-state index contributed by atoms with van der Waals surface area (Å²) in [6, 6.07) is 19.2. The molecule has 0 radical (unpaired) electrons. The molecule has 7 heteroatoms. The van der Waals surface area contributed by atoms with Crippen LogP contribution in [0.2, 0.25) is 0 Å². The van der Waals surface area contributed by atoms with Crippen LogP contribution in [0.4, 0.5) is 10.5 Å². The van der Waals surface area contributed by atoms with E-state index in [0.29, 0.717) is 12.8 Å². The van der Waals surface area contributed by atoms with Crippen molar-refractivity contribution in [3.05, 3.63) is 77.4 Å². The zero-order valence-corrected chi connectivity index (χ0v) is 18.4. The molecule has 2 N–H and O–H groups in total. The molecule has 0 fully saturated rings. The van der Waals surface area contributed by atoms with Gasteiger partial charge in [0.2, 0.25) is 13.6 Å². The summed E-state index contributed by atoms with van der Waals surface area (Å²) in [6.07, 6.45) is 2.22. The van der Waals surface area contributed by atoms with Crippen molar-refractivity contribution in [2.24, 2.45) is 0 Å². The third kappa shape index (κ3) is 4.98. The average Bonchev–Trinajstić information content (AvgIpc) is 3.48. The maximum Gasteiger partial charge on any atom is 0.319 e. The zero-order valence-electron chi connectivity index (χ0n) is 18.4. The highest BCUT2D eigenvalue weighted by molar-refractivity contribution is 5.89. The standard InChI is InChI=1S/C26H26N2O5/c1-2-17-3-7-20(8-4-17)27-26(29)28-21(11-18-5-9-22-24(13-18)32-15-30-22)12-19-6-10-23-25(14-19)33-16-31-23/h3-10,13-14,21H,2,11-12,15-16H2,1H3,(H2,27,28,29). The van der Waals surface area contributed by atoms with E-state index < -0.39 is 0 Å². The monoisotopic (exact) mass is 446 g/mol. The van der Waals surface area contributed by atoms with Gasteiger partial charge in [-0.15, -0.1) is 0 Å². The van der Waals surface area contributed by atoms with E-state index in [9.17, 15) is 4.79 Å². The first kappa shape index (κ1) is 21.0. The lowest BCUT2D eigenvalue weighted by atomic mass is 9.98. The number of hydrogen-bond donors (Lipinski definition) is 2. The number of amides is 2. The number of carbonyl (C=O) groups is 1. The lowest BCUT2D eigenvalue weighted by molar-refractivity contribution is 0.173. The van der Waals surface area contributed by atoms with Crippen molar-refractivity contribution < 1.29 is 23.7 Å². The summed E-state index contributed by atoms with van der Waals surface area (Å²) in [4.78, 5) is 12.8. The van der Waals surface area contributed by atoms with Crippen LogP contribution in [-0.2, 0) is 19.3 Å². The predicted octanol–water partition coefficient (Wildman–Crippen LogP) is 4.68. The highest BCUT2D eigenvalue weighted by atomic mass is 16.7. The summed E-state index contributed by atoms with van der Waals surface area (Å²) >= 11 is 0. The molecule has 2 aliphatic heterocycles. The number of aryl methyl sites for hydroxylation is 1. The highest BCUT2D eigenvalue weighted by Crippen LogP contribution is 2.34. The Morgan fingerprint density at radius 3 is 1.82 bits per heavy atom. The minimum absolute atomic E-state index is 0.152. The number of rotatable bonds is 7. The van der Waals surface area contributed by atoms with E-state index in [0.717, 1.165) is 46.2 Å². The molecule has 0 bridgehead atoms. The number of carbonyl (C=O) groups excluding carboxylic acids is 1. The fourth-order valence-corrected chi connectivity index (χ4v) is 4.06. The van der Waals surface area contributed by atoms with Gasteiger partial charge >= 0.3 is 6.03 Å². The van der Waals surface area contributed by atoms with Crippen molar-refractivity contribution in [2.45, 2.75) is 32.2 Å². The van der Waals surface area contributed by atoms with Crippen LogP contribution in [0.1, 0.15) is 23.6 Å². The second-order valence-electron chi connectivity index (χ2n) is 8.13. The van der Waals surface area contributed by atoms with Gasteiger partial charge in [-0.25, -0.2) is 4.79 Å². The fraction of sp³-hybridized carbons (Fsp3) is 0.269. The SMILES string of the molecule is CCc1ccc(NC(=O)NC(Cc2ccc3c(c2)OCO3)Cc2ccc3c(c2)OCO3)cc1. The molecule has 0 aliphatic carbocycles. The molecule has 3 aromatic rings. The van der Waals surface area contributed by atoms with Gasteiger partial charge < -0.3 is 29.6 Å². The van der Waals surface area contributed by atoms with E-state index in [2.05, 4.69) is 17.6 Å². The Balaban J connectivity index is 1.31. The quantitative estimate of drug-likeness (QED) is 0.551. The van der Waals surface area contributed by atoms with E-state index in [-0.39, 0.29) is 25.7 Å². The van der Waals surface area contributed by atoms with Gasteiger partial charge in [-0.1, -0.05) is 31.2 Å². The third-order valence-electron chi connectivity index (χ3n) is 5.79. The first-order valence-corrected chi connectivity index (χ1v) is 11.1. The van der Waals surface area contributed by atoms with Gasteiger partial charge in [0.25, 0.3) is 0 Å². The molecule has 2 heterocycles. The van der Waals surface area contributed by atoms with Gasteiger partial charge in [0.1, 0.15) is 0 Å². The molecule has 2 aliphatic rings. The van der Waals surface area contributed by atoms with Crippen LogP contribution >= 0.6 is 0 Å². The molecule has 0 aromatic heterocycles. The van der Waals surface area contributed by atoms with Crippen LogP contribution in [0.5, 0.6) is 23.0 Å². The van der Waals surface area contributed by atoms with Crippen LogP contribution in [0, 0.1) is 0 Å². The molecular weight excluding hydrogens is 420 g/mol. The summed E-state index contributed by atoms with van der Waals surface area (Å²) in [5.41, 5.74) is 4.09. The minimum Gasteiger partial charge on any atom is -0.454 e. The normalized spacial score (nSPS) is 13.3. The van der Waals surface area contributed by atoms with E-state index in [1.54, 1.807) is 0 Å². The summed E-state index contributed by atoms with van der Waals surface area (Å²) in [5, 5.41) is 6.07. The summed E-state index contributed by atoms with van der Waals surface area (Å²) in [6.45, 7) is 2.57.